The molecule has 1 heterocycles. The number of nitrogens with zero attached hydrogens (tertiary/aromatic N) is 1. The maximum absolute atomic E-state index is 11.5. The maximum Gasteiger partial charge on any atom is 0.340 e. The van der Waals surface area contributed by atoms with E-state index in [1.807, 2.05) is 0 Å². The van der Waals surface area contributed by atoms with E-state index in [0.717, 1.165) is 18.5 Å². The molecule has 1 fully saturated rings. The number of nitrogens with two attached hydrogens (primary N) is 1. The fraction of sp³-hybridized carbons (Fsp3) is 0.455. The van der Waals surface area contributed by atoms with Gasteiger partial charge in [0.1, 0.15) is 0 Å². The summed E-state index contributed by atoms with van der Waals surface area (Å²) in [6, 6.07) is 1.61. The monoisotopic (exact) mass is 206 g/mol. The lowest BCUT2D eigenvalue weighted by Crippen LogP contribution is -2.10. The van der Waals surface area contributed by atoms with Crippen molar-refractivity contribution in [1.29, 1.82) is 0 Å². The van der Waals surface area contributed by atoms with Crippen molar-refractivity contribution in [3.8, 4) is 0 Å². The van der Waals surface area contributed by atoms with Gasteiger partial charge in [-0.3, -0.25) is 4.98 Å². The van der Waals surface area contributed by atoms with Gasteiger partial charge in [-0.25, -0.2) is 4.79 Å². The van der Waals surface area contributed by atoms with E-state index < -0.39 is 0 Å². The van der Waals surface area contributed by atoms with Crippen LogP contribution in [0.2, 0.25) is 0 Å². The Hall–Kier alpha value is -1.58. The molecule has 80 valence electrons. The molecule has 1 aliphatic rings. The number of carbonyl (C=O) groups excluding carboxylic acids is 1. The van der Waals surface area contributed by atoms with Gasteiger partial charge in [-0.15, -0.1) is 0 Å². The predicted molar refractivity (Wildman–Crippen MR) is 56.6 cm³/mol. The largest absolute Gasteiger partial charge is 0.462 e. The molecule has 0 radical (unpaired) electrons. The fourth-order valence-corrected chi connectivity index (χ4v) is 1.56. The van der Waals surface area contributed by atoms with Crippen molar-refractivity contribution in [2.75, 3.05) is 12.3 Å². The van der Waals surface area contributed by atoms with Crippen LogP contribution in [0.3, 0.4) is 0 Å². The molecule has 0 saturated heterocycles. The number of rotatable bonds is 3. The molecule has 0 unspecified atom stereocenters. The van der Waals surface area contributed by atoms with Crippen LogP contribution in [0.4, 0.5) is 5.69 Å². The van der Waals surface area contributed by atoms with Gasteiger partial charge in [-0.1, -0.05) is 0 Å². The van der Waals surface area contributed by atoms with E-state index in [9.17, 15) is 4.79 Å². The summed E-state index contributed by atoms with van der Waals surface area (Å²) in [6.07, 6.45) is 3.85. The molecule has 1 saturated carbocycles. The Bertz CT molecular complexity index is 386. The lowest BCUT2D eigenvalue weighted by molar-refractivity contribution is 0.0527. The SMILES string of the molecule is CCOC(=O)c1ccnc(C2CC2)c1N. The molecular formula is C11H14N2O2. The molecule has 4 nitrogen and oxygen atoms in total. The Morgan fingerprint density at radius 3 is 3.00 bits per heavy atom. The molecule has 1 aliphatic carbocycles. The minimum Gasteiger partial charge on any atom is -0.462 e. The fourth-order valence-electron chi connectivity index (χ4n) is 1.56. The first-order valence-electron chi connectivity index (χ1n) is 5.15. The number of carbonyl (C=O) groups is 1. The summed E-state index contributed by atoms with van der Waals surface area (Å²) >= 11 is 0. The molecule has 0 bridgehead atoms. The highest BCUT2D eigenvalue weighted by molar-refractivity contribution is 5.95. The Morgan fingerprint density at radius 2 is 2.40 bits per heavy atom. The van der Waals surface area contributed by atoms with Gasteiger partial charge in [-0.2, -0.15) is 0 Å². The van der Waals surface area contributed by atoms with E-state index in [1.54, 1.807) is 19.2 Å². The number of esters is 1. The standard InChI is InChI=1S/C11H14N2O2/c1-2-15-11(14)8-5-6-13-10(9(8)12)7-3-4-7/h5-7H,2-4,12H2,1H3. The van der Waals surface area contributed by atoms with Crippen molar-refractivity contribution in [3.63, 3.8) is 0 Å². The first-order valence-corrected chi connectivity index (χ1v) is 5.15. The summed E-state index contributed by atoms with van der Waals surface area (Å²) in [5, 5.41) is 0. The van der Waals surface area contributed by atoms with Gasteiger partial charge in [0.25, 0.3) is 0 Å². The van der Waals surface area contributed by atoms with Crippen molar-refractivity contribution in [3.05, 3.63) is 23.5 Å². The highest BCUT2D eigenvalue weighted by Crippen LogP contribution is 2.42. The summed E-state index contributed by atoms with van der Waals surface area (Å²) in [5.41, 5.74) is 7.66. The second kappa shape index (κ2) is 3.88. The minimum absolute atomic E-state index is 0.360. The van der Waals surface area contributed by atoms with Crippen LogP contribution in [0.5, 0.6) is 0 Å². The van der Waals surface area contributed by atoms with E-state index in [4.69, 9.17) is 10.5 Å². The maximum atomic E-state index is 11.5. The highest BCUT2D eigenvalue weighted by Gasteiger charge is 2.28. The zero-order chi connectivity index (χ0) is 10.8. The van der Waals surface area contributed by atoms with Crippen molar-refractivity contribution < 1.29 is 9.53 Å². The van der Waals surface area contributed by atoms with Crippen molar-refractivity contribution >= 4 is 11.7 Å². The first-order chi connectivity index (χ1) is 7.24. The summed E-state index contributed by atoms with van der Waals surface area (Å²) in [4.78, 5) is 15.7. The third-order valence-corrected chi connectivity index (χ3v) is 2.48. The van der Waals surface area contributed by atoms with Crippen LogP contribution in [-0.2, 0) is 4.74 Å². The van der Waals surface area contributed by atoms with Crippen molar-refractivity contribution in [1.82, 2.24) is 4.98 Å². The van der Waals surface area contributed by atoms with Crippen LogP contribution in [-0.4, -0.2) is 17.6 Å². The Kier molecular flexibility index (Phi) is 2.58. The van der Waals surface area contributed by atoms with Crippen molar-refractivity contribution in [2.45, 2.75) is 25.7 Å². The van der Waals surface area contributed by atoms with Crippen molar-refractivity contribution in [2.24, 2.45) is 0 Å². The molecule has 4 heteroatoms. The molecule has 1 aromatic heterocycles. The zero-order valence-electron chi connectivity index (χ0n) is 8.69. The van der Waals surface area contributed by atoms with Gasteiger partial charge in [0.05, 0.1) is 23.6 Å². The third-order valence-electron chi connectivity index (χ3n) is 2.48. The average Bonchev–Trinajstić information content (AvgIpc) is 3.02. The van der Waals surface area contributed by atoms with Crippen LogP contribution < -0.4 is 5.73 Å². The molecule has 1 aromatic rings. The Balaban J connectivity index is 2.30. The molecular weight excluding hydrogens is 192 g/mol. The Labute approximate surface area is 88.4 Å². The number of nitrogen functional groups attached to an aromatic ring is 1. The van der Waals surface area contributed by atoms with E-state index in [0.29, 0.717) is 23.8 Å². The molecule has 2 rings (SSSR count). The topological polar surface area (TPSA) is 65.2 Å². The average molecular weight is 206 g/mol. The quantitative estimate of drug-likeness (QED) is 0.765. The zero-order valence-corrected chi connectivity index (χ0v) is 8.69. The summed E-state index contributed by atoms with van der Waals surface area (Å²) < 4.78 is 4.92. The van der Waals surface area contributed by atoms with Crippen LogP contribution >= 0.6 is 0 Å². The lowest BCUT2D eigenvalue weighted by Gasteiger charge is -2.08. The van der Waals surface area contributed by atoms with Crippen LogP contribution in [0, 0.1) is 0 Å². The second-order valence-electron chi connectivity index (χ2n) is 3.65. The molecule has 0 amide bonds. The van der Waals surface area contributed by atoms with Gasteiger partial charge in [0.15, 0.2) is 0 Å². The van der Waals surface area contributed by atoms with E-state index in [1.165, 1.54) is 0 Å². The third kappa shape index (κ3) is 1.93. The van der Waals surface area contributed by atoms with E-state index in [-0.39, 0.29) is 5.97 Å². The molecule has 0 atom stereocenters. The number of anilines is 1. The summed E-state index contributed by atoms with van der Waals surface area (Å²) in [5.74, 6) is 0.0821. The normalized spacial score (nSPS) is 15.0. The number of ether oxygens (including phenoxy) is 1. The molecule has 2 N–H and O–H groups in total. The first kappa shape index (κ1) is 9.96. The van der Waals surface area contributed by atoms with Gasteiger partial charge in [-0.05, 0) is 25.8 Å². The van der Waals surface area contributed by atoms with Crippen LogP contribution in [0.25, 0.3) is 0 Å². The Morgan fingerprint density at radius 1 is 1.67 bits per heavy atom. The molecule has 0 spiro atoms. The number of hydrogen-bond acceptors (Lipinski definition) is 4. The van der Waals surface area contributed by atoms with Gasteiger partial charge >= 0.3 is 5.97 Å². The van der Waals surface area contributed by atoms with Gasteiger partial charge < -0.3 is 10.5 Å². The molecule has 0 aromatic carbocycles. The predicted octanol–water partition coefficient (Wildman–Crippen LogP) is 1.72. The number of aromatic nitrogens is 1. The van der Waals surface area contributed by atoms with Crippen LogP contribution in [0.15, 0.2) is 12.3 Å². The lowest BCUT2D eigenvalue weighted by atomic mass is 10.1. The van der Waals surface area contributed by atoms with E-state index >= 15 is 0 Å². The second-order valence-corrected chi connectivity index (χ2v) is 3.65. The number of pyridine rings is 1. The highest BCUT2D eigenvalue weighted by atomic mass is 16.5. The number of hydrogen-bond donors (Lipinski definition) is 1. The smallest absolute Gasteiger partial charge is 0.340 e. The summed E-state index contributed by atoms with van der Waals surface area (Å²) in [7, 11) is 0. The summed E-state index contributed by atoms with van der Waals surface area (Å²) in [6.45, 7) is 2.14. The van der Waals surface area contributed by atoms with E-state index in [2.05, 4.69) is 4.98 Å². The minimum atomic E-state index is -0.362. The molecule has 0 aliphatic heterocycles. The van der Waals surface area contributed by atoms with Gasteiger partial charge in [0, 0.05) is 12.1 Å². The van der Waals surface area contributed by atoms with Gasteiger partial charge in [0.2, 0.25) is 0 Å². The van der Waals surface area contributed by atoms with Crippen LogP contribution in [0.1, 0.15) is 41.7 Å². The molecule has 15 heavy (non-hydrogen) atoms.